The van der Waals surface area contributed by atoms with Crippen molar-refractivity contribution in [1.29, 1.82) is 0 Å². The SMILES string of the molecule is O=C(/N=c1\[nH]c2cnc(OCCN3CCCCC3)cc2n1[C@H]1C[C@@H](c2cccc(Br)c2)C1)c1ccc(F)cc1. The summed E-state index contributed by atoms with van der Waals surface area (Å²) in [6.07, 6.45) is 7.40. The maximum Gasteiger partial charge on any atom is 0.280 e. The molecule has 3 heterocycles. The molecule has 202 valence electrons. The maximum absolute atomic E-state index is 13.4. The number of aromatic nitrogens is 3. The maximum atomic E-state index is 13.4. The Balaban J connectivity index is 1.29. The number of fused-ring (bicyclic) bond motifs is 1. The number of carbonyl (C=O) groups is 1. The van der Waals surface area contributed by atoms with Crippen molar-refractivity contribution in [2.24, 2.45) is 4.99 Å². The third-order valence-corrected chi connectivity index (χ3v) is 8.29. The summed E-state index contributed by atoms with van der Waals surface area (Å²) in [7, 11) is 0. The van der Waals surface area contributed by atoms with Crippen molar-refractivity contribution in [2.45, 2.75) is 44.1 Å². The number of halogens is 2. The Morgan fingerprint density at radius 3 is 2.67 bits per heavy atom. The molecule has 1 N–H and O–H groups in total. The van der Waals surface area contributed by atoms with Crippen molar-refractivity contribution in [1.82, 2.24) is 19.4 Å². The lowest BCUT2D eigenvalue weighted by molar-refractivity contribution is 0.0995. The molecule has 1 aliphatic heterocycles. The molecular formula is C30H31BrFN5O2. The van der Waals surface area contributed by atoms with E-state index in [2.05, 4.69) is 58.6 Å². The number of likely N-dealkylation sites (tertiary alicyclic amines) is 1. The van der Waals surface area contributed by atoms with Crippen molar-refractivity contribution < 1.29 is 13.9 Å². The first-order chi connectivity index (χ1) is 19.0. The predicted octanol–water partition coefficient (Wildman–Crippen LogP) is 5.99. The number of nitrogens with zero attached hydrogens (tertiary/aromatic N) is 4. The van der Waals surface area contributed by atoms with E-state index in [1.54, 1.807) is 6.20 Å². The second kappa shape index (κ2) is 11.4. The van der Waals surface area contributed by atoms with E-state index in [-0.39, 0.29) is 11.9 Å². The summed E-state index contributed by atoms with van der Waals surface area (Å²) in [4.78, 5) is 27.7. The summed E-state index contributed by atoms with van der Waals surface area (Å²) in [5, 5.41) is 0. The summed E-state index contributed by atoms with van der Waals surface area (Å²) >= 11 is 3.58. The Kier molecular flexibility index (Phi) is 7.61. The fourth-order valence-electron chi connectivity index (χ4n) is 5.59. The molecule has 2 aromatic heterocycles. The summed E-state index contributed by atoms with van der Waals surface area (Å²) in [6, 6.07) is 16.0. The van der Waals surface area contributed by atoms with Crippen molar-refractivity contribution in [3.63, 3.8) is 0 Å². The van der Waals surface area contributed by atoms with Crippen molar-refractivity contribution in [3.8, 4) is 5.88 Å². The highest BCUT2D eigenvalue weighted by molar-refractivity contribution is 9.10. The number of amides is 1. The van der Waals surface area contributed by atoms with Crippen LogP contribution in [0.5, 0.6) is 5.88 Å². The molecule has 7 nitrogen and oxygen atoms in total. The number of rotatable bonds is 7. The summed E-state index contributed by atoms with van der Waals surface area (Å²) in [5.41, 5.74) is 3.79. The number of pyridine rings is 1. The summed E-state index contributed by atoms with van der Waals surface area (Å²) < 4.78 is 22.6. The zero-order chi connectivity index (χ0) is 26.8. The van der Waals surface area contributed by atoms with E-state index >= 15 is 0 Å². The van der Waals surface area contributed by atoms with E-state index in [0.29, 0.717) is 29.6 Å². The van der Waals surface area contributed by atoms with Gasteiger partial charge in [0.05, 0.1) is 17.2 Å². The molecule has 2 aromatic carbocycles. The van der Waals surface area contributed by atoms with Gasteiger partial charge in [-0.3, -0.25) is 9.69 Å². The molecule has 1 aliphatic carbocycles. The minimum Gasteiger partial charge on any atom is -0.476 e. The Morgan fingerprint density at radius 1 is 1.10 bits per heavy atom. The monoisotopic (exact) mass is 591 g/mol. The Labute approximate surface area is 234 Å². The molecule has 0 atom stereocenters. The molecule has 1 saturated heterocycles. The molecule has 9 heteroatoms. The molecule has 0 radical (unpaired) electrons. The Bertz CT molecular complexity index is 1540. The van der Waals surface area contributed by atoms with Gasteiger partial charge in [0.25, 0.3) is 5.91 Å². The minimum atomic E-state index is -0.427. The van der Waals surface area contributed by atoms with Crippen molar-refractivity contribution in [3.05, 3.63) is 87.8 Å². The molecule has 0 spiro atoms. The largest absolute Gasteiger partial charge is 0.476 e. The van der Waals surface area contributed by atoms with Crippen LogP contribution in [0.3, 0.4) is 0 Å². The lowest BCUT2D eigenvalue weighted by Gasteiger charge is -2.37. The van der Waals surface area contributed by atoms with Crippen LogP contribution in [0, 0.1) is 5.82 Å². The number of carbonyl (C=O) groups excluding carboxylic acids is 1. The number of ether oxygens (including phenoxy) is 1. The fourth-order valence-corrected chi connectivity index (χ4v) is 6.01. The number of H-pyrrole nitrogens is 1. The minimum absolute atomic E-state index is 0.158. The van der Waals surface area contributed by atoms with Crippen molar-refractivity contribution in [2.75, 3.05) is 26.2 Å². The van der Waals surface area contributed by atoms with Gasteiger partial charge < -0.3 is 14.3 Å². The molecule has 6 rings (SSSR count). The first kappa shape index (κ1) is 26.0. The molecule has 2 fully saturated rings. The molecule has 39 heavy (non-hydrogen) atoms. The molecular weight excluding hydrogens is 561 g/mol. The third kappa shape index (κ3) is 5.84. The second-order valence-corrected chi connectivity index (χ2v) is 11.3. The second-order valence-electron chi connectivity index (χ2n) is 10.4. The first-order valence-corrected chi connectivity index (χ1v) is 14.4. The molecule has 2 aliphatic rings. The van der Waals surface area contributed by atoms with Crippen LogP contribution in [0.25, 0.3) is 11.0 Å². The highest BCUT2D eigenvalue weighted by Gasteiger charge is 2.33. The van der Waals surface area contributed by atoms with Gasteiger partial charge in [0.2, 0.25) is 11.5 Å². The zero-order valence-electron chi connectivity index (χ0n) is 21.7. The zero-order valence-corrected chi connectivity index (χ0v) is 23.2. The lowest BCUT2D eigenvalue weighted by Crippen LogP contribution is -2.33. The highest BCUT2D eigenvalue weighted by Crippen LogP contribution is 2.45. The molecule has 0 unspecified atom stereocenters. The van der Waals surface area contributed by atoms with E-state index in [4.69, 9.17) is 4.74 Å². The number of hydrogen-bond acceptors (Lipinski definition) is 4. The van der Waals surface area contributed by atoms with Gasteiger partial charge in [0.15, 0.2) is 0 Å². The van der Waals surface area contributed by atoms with Gasteiger partial charge in [-0.15, -0.1) is 0 Å². The Morgan fingerprint density at radius 2 is 1.90 bits per heavy atom. The van der Waals surface area contributed by atoms with Crippen LogP contribution < -0.4 is 10.4 Å². The van der Waals surface area contributed by atoms with Gasteiger partial charge in [-0.2, -0.15) is 4.99 Å². The van der Waals surface area contributed by atoms with Crippen LogP contribution in [0.15, 0.2) is 70.3 Å². The van der Waals surface area contributed by atoms with Crippen LogP contribution in [0.2, 0.25) is 0 Å². The average molecular weight is 593 g/mol. The van der Waals surface area contributed by atoms with Gasteiger partial charge in [0.1, 0.15) is 12.4 Å². The van der Waals surface area contributed by atoms with Gasteiger partial charge in [-0.1, -0.05) is 34.5 Å². The number of hydrogen-bond donors (Lipinski definition) is 1. The van der Waals surface area contributed by atoms with Gasteiger partial charge in [-0.25, -0.2) is 9.37 Å². The lowest BCUT2D eigenvalue weighted by atomic mass is 9.75. The number of benzene rings is 2. The molecule has 4 aromatic rings. The predicted molar refractivity (Wildman–Crippen MR) is 151 cm³/mol. The van der Waals surface area contributed by atoms with Crippen LogP contribution in [0.4, 0.5) is 4.39 Å². The van der Waals surface area contributed by atoms with Crippen molar-refractivity contribution >= 4 is 32.9 Å². The Hall–Kier alpha value is -3.30. The third-order valence-electron chi connectivity index (χ3n) is 7.79. The standard InChI is InChI=1S/C30H31BrFN5O2/c31-23-6-4-5-21(15-23)22-16-25(17-22)37-27-18-28(39-14-13-36-11-2-1-3-12-36)33-19-26(27)34-30(37)35-29(38)20-7-9-24(32)10-8-20/h4-10,15,18-19,22,25H,1-3,11-14,16-17H2,(H,34,35,38)/t22-,25+. The number of piperidine rings is 1. The van der Waals surface area contributed by atoms with Gasteiger partial charge in [0, 0.05) is 28.7 Å². The smallest absolute Gasteiger partial charge is 0.280 e. The van der Waals surface area contributed by atoms with E-state index in [0.717, 1.165) is 48.0 Å². The molecule has 1 saturated carbocycles. The van der Waals surface area contributed by atoms with E-state index < -0.39 is 5.91 Å². The normalized spacial score (nSPS) is 20.2. The van der Waals surface area contributed by atoms with E-state index in [1.165, 1.54) is 49.1 Å². The highest BCUT2D eigenvalue weighted by atomic mass is 79.9. The van der Waals surface area contributed by atoms with E-state index in [9.17, 15) is 9.18 Å². The number of imidazole rings is 1. The van der Waals surface area contributed by atoms with Crippen LogP contribution in [-0.2, 0) is 0 Å². The molecule has 0 bridgehead atoms. The average Bonchev–Trinajstić information content (AvgIpc) is 3.26. The molecule has 1 amide bonds. The van der Waals surface area contributed by atoms with Crippen LogP contribution in [-0.4, -0.2) is 51.6 Å². The van der Waals surface area contributed by atoms with Gasteiger partial charge >= 0.3 is 0 Å². The first-order valence-electron chi connectivity index (χ1n) is 13.6. The van der Waals surface area contributed by atoms with Crippen LogP contribution >= 0.6 is 15.9 Å². The van der Waals surface area contributed by atoms with Gasteiger partial charge in [-0.05, 0) is 86.7 Å². The fraction of sp³-hybridized carbons (Fsp3) is 0.367. The quantitative estimate of drug-likeness (QED) is 0.286. The van der Waals surface area contributed by atoms with E-state index in [1.807, 2.05) is 12.1 Å². The summed E-state index contributed by atoms with van der Waals surface area (Å²) in [6.45, 7) is 3.72. The number of nitrogens with one attached hydrogen (secondary N) is 1. The number of aromatic amines is 1. The summed E-state index contributed by atoms with van der Waals surface area (Å²) in [5.74, 6) is 0.169. The van der Waals surface area contributed by atoms with Crippen LogP contribution in [0.1, 0.15) is 60.0 Å². The topological polar surface area (TPSA) is 75.5 Å².